The van der Waals surface area contributed by atoms with Crippen molar-refractivity contribution in [2.75, 3.05) is 23.7 Å². The van der Waals surface area contributed by atoms with Gasteiger partial charge < -0.3 is 15.5 Å². The van der Waals surface area contributed by atoms with E-state index < -0.39 is 0 Å². The number of anilines is 2. The van der Waals surface area contributed by atoms with Gasteiger partial charge in [0.15, 0.2) is 0 Å². The largest absolute Gasteiger partial charge is 0.338 e. The fraction of sp³-hybridized carbons (Fsp3) is 0.316. The molecule has 26 heavy (non-hydrogen) atoms. The first kappa shape index (κ1) is 18.1. The van der Waals surface area contributed by atoms with Crippen LogP contribution >= 0.6 is 11.3 Å². The van der Waals surface area contributed by atoms with Gasteiger partial charge in [-0.05, 0) is 42.5 Å². The van der Waals surface area contributed by atoms with Crippen LogP contribution in [0.3, 0.4) is 0 Å². The number of likely N-dealkylation sites (tertiary alicyclic amines) is 1. The van der Waals surface area contributed by atoms with Crippen molar-refractivity contribution in [1.29, 1.82) is 0 Å². The molecular weight excluding hydrogens is 350 g/mol. The molecule has 0 saturated carbocycles. The van der Waals surface area contributed by atoms with Crippen molar-refractivity contribution in [2.45, 2.75) is 19.8 Å². The highest BCUT2D eigenvalue weighted by atomic mass is 32.1. The van der Waals surface area contributed by atoms with Gasteiger partial charge in [-0.3, -0.25) is 14.4 Å². The summed E-state index contributed by atoms with van der Waals surface area (Å²) >= 11 is 1.44. The van der Waals surface area contributed by atoms with Gasteiger partial charge in [-0.15, -0.1) is 11.3 Å². The van der Waals surface area contributed by atoms with Gasteiger partial charge in [-0.1, -0.05) is 12.1 Å². The zero-order valence-electron chi connectivity index (χ0n) is 14.5. The highest BCUT2D eigenvalue weighted by Crippen LogP contribution is 2.23. The summed E-state index contributed by atoms with van der Waals surface area (Å²) in [4.78, 5) is 38.5. The molecule has 0 radical (unpaired) electrons. The van der Waals surface area contributed by atoms with Gasteiger partial charge in [0.2, 0.25) is 11.8 Å². The maximum absolute atomic E-state index is 12.5. The Labute approximate surface area is 156 Å². The molecule has 3 rings (SSSR count). The fourth-order valence-corrected chi connectivity index (χ4v) is 3.71. The number of carbonyl (C=O) groups is 3. The highest BCUT2D eigenvalue weighted by molar-refractivity contribution is 7.12. The van der Waals surface area contributed by atoms with Crippen molar-refractivity contribution in [3.63, 3.8) is 0 Å². The number of amides is 3. The second-order valence-corrected chi connectivity index (χ2v) is 7.24. The zero-order chi connectivity index (χ0) is 18.5. The molecule has 3 amide bonds. The first-order valence-electron chi connectivity index (χ1n) is 8.54. The minimum atomic E-state index is -0.156. The van der Waals surface area contributed by atoms with Crippen LogP contribution in [0.25, 0.3) is 0 Å². The maximum atomic E-state index is 12.5. The summed E-state index contributed by atoms with van der Waals surface area (Å²) in [5.41, 5.74) is 1.30. The second-order valence-electron chi connectivity index (χ2n) is 6.30. The van der Waals surface area contributed by atoms with Crippen molar-refractivity contribution in [2.24, 2.45) is 5.92 Å². The molecule has 1 aromatic heterocycles. The minimum Gasteiger partial charge on any atom is -0.338 e. The molecule has 0 unspecified atom stereocenters. The van der Waals surface area contributed by atoms with E-state index in [-0.39, 0.29) is 23.6 Å². The normalized spacial score (nSPS) is 14.7. The Morgan fingerprint density at radius 1 is 1.04 bits per heavy atom. The van der Waals surface area contributed by atoms with Crippen molar-refractivity contribution < 1.29 is 14.4 Å². The third-order valence-corrected chi connectivity index (χ3v) is 5.19. The molecule has 1 aliphatic rings. The van der Waals surface area contributed by atoms with Gasteiger partial charge in [0.1, 0.15) is 0 Å². The molecule has 2 heterocycles. The Kier molecular flexibility index (Phi) is 5.68. The van der Waals surface area contributed by atoms with Crippen LogP contribution in [-0.4, -0.2) is 35.7 Å². The summed E-state index contributed by atoms with van der Waals surface area (Å²) in [7, 11) is 0. The highest BCUT2D eigenvalue weighted by Gasteiger charge is 2.28. The molecule has 2 N–H and O–H groups in total. The molecule has 6 nitrogen and oxygen atoms in total. The van der Waals surface area contributed by atoms with Crippen LogP contribution in [0.2, 0.25) is 0 Å². The molecule has 136 valence electrons. The minimum absolute atomic E-state index is 0.0434. The Bertz CT molecular complexity index is 796. The molecule has 7 heteroatoms. The van der Waals surface area contributed by atoms with Crippen LogP contribution in [0.15, 0.2) is 41.8 Å². The van der Waals surface area contributed by atoms with E-state index >= 15 is 0 Å². The number of carbonyl (C=O) groups excluding carboxylic acids is 3. The van der Waals surface area contributed by atoms with E-state index in [0.717, 1.165) is 4.88 Å². The van der Waals surface area contributed by atoms with Gasteiger partial charge >= 0.3 is 0 Å². The number of nitrogens with one attached hydrogen (secondary N) is 2. The molecule has 0 spiro atoms. The molecule has 1 aromatic carbocycles. The predicted octanol–water partition coefficient (Wildman–Crippen LogP) is 3.20. The van der Waals surface area contributed by atoms with Crippen molar-refractivity contribution in [3.8, 4) is 0 Å². The van der Waals surface area contributed by atoms with Crippen LogP contribution in [-0.2, 0) is 9.59 Å². The van der Waals surface area contributed by atoms with Crippen LogP contribution in [0.1, 0.15) is 29.4 Å². The lowest BCUT2D eigenvalue weighted by atomic mass is 9.95. The van der Waals surface area contributed by atoms with E-state index in [2.05, 4.69) is 10.6 Å². The van der Waals surface area contributed by atoms with Gasteiger partial charge in [0, 0.05) is 37.3 Å². The van der Waals surface area contributed by atoms with E-state index in [1.807, 2.05) is 22.4 Å². The summed E-state index contributed by atoms with van der Waals surface area (Å²) in [5.74, 6) is -0.280. The van der Waals surface area contributed by atoms with Crippen molar-refractivity contribution in [3.05, 3.63) is 46.7 Å². The number of rotatable bonds is 4. The predicted molar refractivity (Wildman–Crippen MR) is 102 cm³/mol. The van der Waals surface area contributed by atoms with Crippen LogP contribution < -0.4 is 10.6 Å². The van der Waals surface area contributed by atoms with Gasteiger partial charge in [-0.25, -0.2) is 0 Å². The van der Waals surface area contributed by atoms with Gasteiger partial charge in [-0.2, -0.15) is 0 Å². The summed E-state index contributed by atoms with van der Waals surface area (Å²) in [6.07, 6.45) is 1.29. The third-order valence-electron chi connectivity index (χ3n) is 4.34. The lowest BCUT2D eigenvalue weighted by molar-refractivity contribution is -0.121. The topological polar surface area (TPSA) is 78.5 Å². The molecule has 0 atom stereocenters. The van der Waals surface area contributed by atoms with Crippen LogP contribution in [0, 0.1) is 5.92 Å². The Balaban J connectivity index is 1.54. The lowest BCUT2D eigenvalue weighted by Crippen LogP contribution is -2.41. The molecule has 1 saturated heterocycles. The van der Waals surface area contributed by atoms with Gasteiger partial charge in [0.05, 0.1) is 4.88 Å². The molecule has 1 fully saturated rings. The standard InChI is InChI=1S/C19H21N3O3S/c1-13(23)20-15-4-2-5-16(12-15)21-18(24)14-7-9-22(10-8-14)19(25)17-6-3-11-26-17/h2-6,11-12,14H,7-10H2,1H3,(H,20,23)(H,21,24). The average Bonchev–Trinajstić information content (AvgIpc) is 3.15. The van der Waals surface area contributed by atoms with Crippen molar-refractivity contribution in [1.82, 2.24) is 4.90 Å². The Morgan fingerprint density at radius 3 is 2.35 bits per heavy atom. The van der Waals surface area contributed by atoms with E-state index in [0.29, 0.717) is 37.3 Å². The van der Waals surface area contributed by atoms with Crippen molar-refractivity contribution >= 4 is 40.4 Å². The smallest absolute Gasteiger partial charge is 0.263 e. The zero-order valence-corrected chi connectivity index (χ0v) is 15.3. The summed E-state index contributed by atoms with van der Waals surface area (Å²) in [6.45, 7) is 2.61. The Morgan fingerprint density at radius 2 is 1.73 bits per heavy atom. The van der Waals surface area contributed by atoms with E-state index in [1.165, 1.54) is 18.3 Å². The fourth-order valence-electron chi connectivity index (χ4n) is 3.02. The molecule has 0 aliphatic carbocycles. The lowest BCUT2D eigenvalue weighted by Gasteiger charge is -2.31. The number of piperidine rings is 1. The summed E-state index contributed by atoms with van der Waals surface area (Å²) < 4.78 is 0. The van der Waals surface area contributed by atoms with E-state index in [9.17, 15) is 14.4 Å². The monoisotopic (exact) mass is 371 g/mol. The first-order valence-corrected chi connectivity index (χ1v) is 9.42. The molecule has 1 aliphatic heterocycles. The number of hydrogen-bond acceptors (Lipinski definition) is 4. The van der Waals surface area contributed by atoms with Gasteiger partial charge in [0.25, 0.3) is 5.91 Å². The molecule has 2 aromatic rings. The summed E-state index contributed by atoms with van der Waals surface area (Å²) in [5, 5.41) is 7.49. The van der Waals surface area contributed by atoms with Crippen LogP contribution in [0.5, 0.6) is 0 Å². The SMILES string of the molecule is CC(=O)Nc1cccc(NC(=O)C2CCN(C(=O)c3cccs3)CC2)c1. The number of thiophene rings is 1. The van der Waals surface area contributed by atoms with E-state index in [1.54, 1.807) is 24.3 Å². The second kappa shape index (κ2) is 8.14. The maximum Gasteiger partial charge on any atom is 0.263 e. The quantitative estimate of drug-likeness (QED) is 0.866. The number of nitrogens with zero attached hydrogens (tertiary/aromatic N) is 1. The average molecular weight is 371 g/mol. The summed E-state index contributed by atoms with van der Waals surface area (Å²) in [6, 6.07) is 10.8. The third kappa shape index (κ3) is 4.49. The Hall–Kier alpha value is -2.67. The number of benzene rings is 1. The first-order chi connectivity index (χ1) is 12.5. The van der Waals surface area contributed by atoms with Crippen LogP contribution in [0.4, 0.5) is 11.4 Å². The number of hydrogen-bond donors (Lipinski definition) is 2. The van der Waals surface area contributed by atoms with E-state index in [4.69, 9.17) is 0 Å². The molecular formula is C19H21N3O3S. The molecule has 0 bridgehead atoms.